The van der Waals surface area contributed by atoms with Crippen LogP contribution in [0.2, 0.25) is 0 Å². The van der Waals surface area contributed by atoms with Gasteiger partial charge in [-0.05, 0) is 36.8 Å². The lowest BCUT2D eigenvalue weighted by molar-refractivity contribution is -0.116. The lowest BCUT2D eigenvalue weighted by Gasteiger charge is -2.08. The van der Waals surface area contributed by atoms with E-state index in [-0.39, 0.29) is 22.6 Å². The fraction of sp³-hybridized carbons (Fsp3) is 0.188. The van der Waals surface area contributed by atoms with E-state index in [4.69, 9.17) is 12.2 Å². The molecular weight excluding hydrogens is 349 g/mol. The predicted molar refractivity (Wildman–Crippen MR) is 95.7 cm³/mol. The second-order valence-electron chi connectivity index (χ2n) is 5.16. The number of H-pyrrole nitrogens is 1. The van der Waals surface area contributed by atoms with Gasteiger partial charge in [0.2, 0.25) is 5.91 Å². The Morgan fingerprint density at radius 3 is 2.88 bits per heavy atom. The maximum absolute atomic E-state index is 13.6. The van der Waals surface area contributed by atoms with Gasteiger partial charge in [-0.15, -0.1) is 11.3 Å². The van der Waals surface area contributed by atoms with E-state index in [1.807, 2.05) is 6.92 Å². The van der Waals surface area contributed by atoms with E-state index < -0.39 is 11.7 Å². The summed E-state index contributed by atoms with van der Waals surface area (Å²) in [7, 11) is 0. The second kappa shape index (κ2) is 6.66. The molecule has 0 aliphatic rings. The number of para-hydroxylation sites is 1. The summed E-state index contributed by atoms with van der Waals surface area (Å²) in [5, 5.41) is 2.95. The van der Waals surface area contributed by atoms with Gasteiger partial charge >= 0.3 is 0 Å². The van der Waals surface area contributed by atoms with Gasteiger partial charge in [-0.25, -0.2) is 4.39 Å². The molecule has 0 bridgehead atoms. The van der Waals surface area contributed by atoms with E-state index in [9.17, 15) is 14.0 Å². The van der Waals surface area contributed by atoms with Crippen LogP contribution in [0.4, 0.5) is 10.1 Å². The number of carbonyl (C=O) groups excluding carboxylic acids is 1. The molecular formula is C16H14FN3O2S2. The first-order valence-electron chi connectivity index (χ1n) is 7.29. The van der Waals surface area contributed by atoms with Crippen LogP contribution in [-0.4, -0.2) is 15.5 Å². The highest BCUT2D eigenvalue weighted by Crippen LogP contribution is 2.21. The third-order valence-corrected chi connectivity index (χ3v) is 5.04. The number of aromatic amines is 1. The Labute approximate surface area is 145 Å². The molecule has 8 heteroatoms. The molecule has 0 radical (unpaired) electrons. The van der Waals surface area contributed by atoms with E-state index in [1.165, 1.54) is 34.1 Å². The summed E-state index contributed by atoms with van der Waals surface area (Å²) in [5.74, 6) is -1.06. The van der Waals surface area contributed by atoms with Gasteiger partial charge in [-0.3, -0.25) is 14.2 Å². The standard InChI is InChI=1S/C16H14FN3O2S2/c1-2-9-7-10-14(24-9)19-16(23)20(15(10)22)8-13(21)18-12-6-4-3-5-11(12)17/h3-7H,2,8H2,1H3,(H,18,21)(H,19,23). The number of amides is 1. The van der Waals surface area contributed by atoms with Gasteiger partial charge in [-0.1, -0.05) is 19.1 Å². The number of nitrogens with zero attached hydrogens (tertiary/aromatic N) is 1. The highest BCUT2D eigenvalue weighted by atomic mass is 32.1. The maximum Gasteiger partial charge on any atom is 0.263 e. The van der Waals surface area contributed by atoms with E-state index in [1.54, 1.807) is 12.1 Å². The third kappa shape index (κ3) is 3.15. The van der Waals surface area contributed by atoms with Crippen LogP contribution in [0.3, 0.4) is 0 Å². The minimum Gasteiger partial charge on any atom is -0.323 e. The quantitative estimate of drug-likeness (QED) is 0.698. The fourth-order valence-electron chi connectivity index (χ4n) is 2.31. The molecule has 3 aromatic rings. The average Bonchev–Trinajstić information content (AvgIpc) is 2.97. The molecule has 2 N–H and O–H groups in total. The fourth-order valence-corrected chi connectivity index (χ4v) is 3.61. The van der Waals surface area contributed by atoms with E-state index >= 15 is 0 Å². The lowest BCUT2D eigenvalue weighted by Crippen LogP contribution is -2.28. The number of thiophene rings is 1. The number of hydrogen-bond donors (Lipinski definition) is 2. The van der Waals surface area contributed by atoms with Gasteiger partial charge in [-0.2, -0.15) is 0 Å². The number of aromatic nitrogens is 2. The number of benzene rings is 1. The summed E-state index contributed by atoms with van der Waals surface area (Å²) in [6.07, 6.45) is 0.813. The highest BCUT2D eigenvalue weighted by molar-refractivity contribution is 7.71. The summed E-state index contributed by atoms with van der Waals surface area (Å²) >= 11 is 6.65. The number of anilines is 1. The SMILES string of the molecule is CCc1cc2c(=O)n(CC(=O)Nc3ccccc3F)c(=S)[nH]c2s1. The summed E-state index contributed by atoms with van der Waals surface area (Å²) < 4.78 is 14.9. The number of aryl methyl sites for hydroxylation is 1. The monoisotopic (exact) mass is 363 g/mol. The Morgan fingerprint density at radius 2 is 2.17 bits per heavy atom. The zero-order valence-corrected chi connectivity index (χ0v) is 14.4. The van der Waals surface area contributed by atoms with Gasteiger partial charge in [0.15, 0.2) is 4.77 Å². The maximum atomic E-state index is 13.6. The summed E-state index contributed by atoms with van der Waals surface area (Å²) in [5.41, 5.74) is -0.260. The topological polar surface area (TPSA) is 66.9 Å². The zero-order valence-electron chi connectivity index (χ0n) is 12.8. The summed E-state index contributed by atoms with van der Waals surface area (Å²) in [6, 6.07) is 7.64. The van der Waals surface area contributed by atoms with Crippen molar-refractivity contribution < 1.29 is 9.18 Å². The van der Waals surface area contributed by atoms with Crippen molar-refractivity contribution in [3.05, 3.63) is 56.2 Å². The summed E-state index contributed by atoms with van der Waals surface area (Å²) in [4.78, 5) is 29.4. The van der Waals surface area contributed by atoms with Crippen LogP contribution in [0.15, 0.2) is 35.1 Å². The Kier molecular flexibility index (Phi) is 4.59. The van der Waals surface area contributed by atoms with Crippen LogP contribution in [-0.2, 0) is 17.8 Å². The molecule has 1 amide bonds. The first-order chi connectivity index (χ1) is 11.5. The first kappa shape index (κ1) is 16.5. The molecule has 0 fully saturated rings. The second-order valence-corrected chi connectivity index (χ2v) is 6.68. The number of nitrogens with one attached hydrogen (secondary N) is 2. The van der Waals surface area contributed by atoms with Crippen molar-refractivity contribution in [2.45, 2.75) is 19.9 Å². The average molecular weight is 363 g/mol. The molecule has 3 rings (SSSR count). The summed E-state index contributed by atoms with van der Waals surface area (Å²) in [6.45, 7) is 1.72. The van der Waals surface area contributed by atoms with Crippen LogP contribution in [0.25, 0.3) is 10.2 Å². The number of rotatable bonds is 4. The minimum atomic E-state index is -0.538. The van der Waals surface area contributed by atoms with Crippen LogP contribution in [0.5, 0.6) is 0 Å². The number of carbonyl (C=O) groups is 1. The normalized spacial score (nSPS) is 10.9. The Bertz CT molecular complexity index is 1040. The van der Waals surface area contributed by atoms with Crippen molar-refractivity contribution in [3.63, 3.8) is 0 Å². The molecule has 24 heavy (non-hydrogen) atoms. The van der Waals surface area contributed by atoms with Crippen molar-refractivity contribution >= 4 is 45.4 Å². The van der Waals surface area contributed by atoms with Gasteiger partial charge in [0.05, 0.1) is 11.1 Å². The Hall–Kier alpha value is -2.32. The van der Waals surface area contributed by atoms with Gasteiger partial charge in [0.1, 0.15) is 17.2 Å². The molecule has 2 aromatic heterocycles. The molecule has 0 atom stereocenters. The number of hydrogen-bond acceptors (Lipinski definition) is 4. The van der Waals surface area contributed by atoms with Crippen LogP contribution >= 0.6 is 23.6 Å². The van der Waals surface area contributed by atoms with Crippen molar-refractivity contribution in [2.75, 3.05) is 5.32 Å². The Balaban J connectivity index is 1.92. The van der Waals surface area contributed by atoms with Crippen molar-refractivity contribution in [3.8, 4) is 0 Å². The largest absolute Gasteiger partial charge is 0.323 e. The molecule has 0 saturated carbocycles. The molecule has 124 valence electrons. The molecule has 5 nitrogen and oxygen atoms in total. The number of halogens is 1. The van der Waals surface area contributed by atoms with Crippen LogP contribution < -0.4 is 10.9 Å². The van der Waals surface area contributed by atoms with Gasteiger partial charge in [0.25, 0.3) is 5.56 Å². The van der Waals surface area contributed by atoms with Crippen LogP contribution in [0, 0.1) is 10.6 Å². The molecule has 0 spiro atoms. The minimum absolute atomic E-state index is 0.0651. The lowest BCUT2D eigenvalue weighted by atomic mass is 10.3. The van der Waals surface area contributed by atoms with Gasteiger partial charge < -0.3 is 10.3 Å². The smallest absolute Gasteiger partial charge is 0.263 e. The van der Waals surface area contributed by atoms with Crippen molar-refractivity contribution in [1.82, 2.24) is 9.55 Å². The molecule has 0 aliphatic carbocycles. The molecule has 2 heterocycles. The number of fused-ring (bicyclic) bond motifs is 1. The molecule has 0 unspecified atom stereocenters. The van der Waals surface area contributed by atoms with Crippen molar-refractivity contribution in [1.29, 1.82) is 0 Å². The predicted octanol–water partition coefficient (Wildman–Crippen LogP) is 3.46. The van der Waals surface area contributed by atoms with E-state index in [2.05, 4.69) is 10.3 Å². The van der Waals surface area contributed by atoms with Gasteiger partial charge in [0, 0.05) is 4.88 Å². The molecule has 1 aromatic carbocycles. The highest BCUT2D eigenvalue weighted by Gasteiger charge is 2.13. The zero-order chi connectivity index (χ0) is 17.3. The third-order valence-electron chi connectivity index (χ3n) is 3.52. The Morgan fingerprint density at radius 1 is 1.42 bits per heavy atom. The van der Waals surface area contributed by atoms with Crippen molar-refractivity contribution in [2.24, 2.45) is 0 Å². The van der Waals surface area contributed by atoms with E-state index in [0.29, 0.717) is 10.2 Å². The molecule has 0 saturated heterocycles. The van der Waals surface area contributed by atoms with E-state index in [0.717, 1.165) is 11.3 Å². The van der Waals surface area contributed by atoms with Crippen LogP contribution in [0.1, 0.15) is 11.8 Å². The molecule has 0 aliphatic heterocycles. The first-order valence-corrected chi connectivity index (χ1v) is 8.52.